The molecule has 16 nitrogen and oxygen atoms in total. The minimum absolute atomic E-state index is 0.0166. The van der Waals surface area contributed by atoms with Crippen molar-refractivity contribution >= 4 is 91.6 Å². The van der Waals surface area contributed by atoms with Crippen LogP contribution in [0.1, 0.15) is 62.5 Å². The lowest BCUT2D eigenvalue weighted by atomic mass is 9.78. The number of amides is 3. The Morgan fingerprint density at radius 3 is 2.51 bits per heavy atom. The summed E-state index contributed by atoms with van der Waals surface area (Å²) in [6.07, 6.45) is 10.1. The van der Waals surface area contributed by atoms with Crippen LogP contribution in [0.5, 0.6) is 5.75 Å². The number of nitrogens with one attached hydrogen (secondary N) is 5. The van der Waals surface area contributed by atoms with Gasteiger partial charge in [-0.2, -0.15) is 4.98 Å². The van der Waals surface area contributed by atoms with Crippen LogP contribution in [0.4, 0.5) is 34.5 Å². The zero-order valence-electron chi connectivity index (χ0n) is 37.5. The average Bonchev–Trinajstić information content (AvgIpc) is 3.28. The van der Waals surface area contributed by atoms with Gasteiger partial charge in [0, 0.05) is 93.7 Å². The molecule has 0 bridgehead atoms. The lowest BCUT2D eigenvalue weighted by Crippen LogP contribution is -2.50. The lowest BCUT2D eigenvalue weighted by molar-refractivity contribution is -0.134. The van der Waals surface area contributed by atoms with E-state index < -0.39 is 7.14 Å². The van der Waals surface area contributed by atoms with Gasteiger partial charge in [-0.15, -0.1) is 0 Å². The number of hydrogen-bond donors (Lipinski definition) is 5. The highest BCUT2D eigenvalue weighted by atomic mass is 79.9. The Bertz CT molecular complexity index is 2630. The van der Waals surface area contributed by atoms with Gasteiger partial charge in [-0.3, -0.25) is 29.7 Å². The molecule has 4 heterocycles. The summed E-state index contributed by atoms with van der Waals surface area (Å²) in [5.41, 5.74) is 6.88. The van der Waals surface area contributed by atoms with E-state index in [-0.39, 0.29) is 35.6 Å². The van der Waals surface area contributed by atoms with Gasteiger partial charge in [0.2, 0.25) is 23.7 Å². The summed E-state index contributed by atoms with van der Waals surface area (Å²) in [6.45, 7) is 8.64. The van der Waals surface area contributed by atoms with Crippen molar-refractivity contribution in [1.29, 1.82) is 0 Å². The summed E-state index contributed by atoms with van der Waals surface area (Å²) in [7, 11) is 0.920. The number of carbonyl (C=O) groups excluding carboxylic acids is 3. The number of anilines is 6. The molecule has 2 aromatic heterocycles. The van der Waals surface area contributed by atoms with Gasteiger partial charge in [0.15, 0.2) is 0 Å². The van der Waals surface area contributed by atoms with E-state index in [0.717, 1.165) is 67.8 Å². The van der Waals surface area contributed by atoms with E-state index in [1.54, 1.807) is 39.0 Å². The van der Waals surface area contributed by atoms with E-state index in [0.29, 0.717) is 76.0 Å². The zero-order chi connectivity index (χ0) is 45.8. The number of aromatic nitrogens is 4. The lowest BCUT2D eigenvalue weighted by Gasteiger charge is -2.41. The molecule has 2 aliphatic heterocycles. The van der Waals surface area contributed by atoms with Gasteiger partial charge < -0.3 is 40.4 Å². The smallest absolute Gasteiger partial charge is 0.234 e. The molecule has 3 fully saturated rings. The number of imide groups is 1. The van der Waals surface area contributed by atoms with Crippen LogP contribution in [0, 0.1) is 5.92 Å². The standard InChI is InChI=1S/C47H57BrN11O5P/c1-6-28-25-38(55-47-53-27-35(48)44(57-47)54-37-12-11-36-42(51-18-17-50-36)43(37)65(4,5)63)40(64-3)26-39(28)59-20-14-31(15-21-59)49-16-19-52-45(61)30-23-33(24-30)58(2)32-9-7-8-29(22-32)34-10-13-41(60)56-46(34)62/h7-9,11-12,17-18,22,25-27,30-31,33-34,49H,6,10,13-16,19-21,23-24H2,1-5H3,(H,52,61)(H,56,60,62)(H2,53,54,55,57)/t30-,33-,34?. The van der Waals surface area contributed by atoms with Crippen LogP contribution in [-0.2, 0) is 25.4 Å². The summed E-state index contributed by atoms with van der Waals surface area (Å²) in [5.74, 6) is 0.842. The molecule has 5 aromatic rings. The van der Waals surface area contributed by atoms with Crippen LogP contribution in [0.25, 0.3) is 11.0 Å². The molecule has 3 amide bonds. The average molecular weight is 967 g/mol. The van der Waals surface area contributed by atoms with Gasteiger partial charge in [-0.1, -0.05) is 19.1 Å². The fourth-order valence-corrected chi connectivity index (χ4v) is 10.8. The summed E-state index contributed by atoms with van der Waals surface area (Å²) in [4.78, 5) is 60.0. The fourth-order valence-electron chi connectivity index (χ4n) is 9.12. The molecule has 18 heteroatoms. The predicted octanol–water partition coefficient (Wildman–Crippen LogP) is 6.60. The third-order valence-electron chi connectivity index (χ3n) is 12.8. The van der Waals surface area contributed by atoms with E-state index >= 15 is 0 Å². The number of halogens is 1. The monoisotopic (exact) mass is 965 g/mol. The van der Waals surface area contributed by atoms with Gasteiger partial charge >= 0.3 is 0 Å². The molecule has 0 spiro atoms. The van der Waals surface area contributed by atoms with Gasteiger partial charge in [-0.05, 0) is 109 Å². The first kappa shape index (κ1) is 45.9. The number of benzene rings is 3. The van der Waals surface area contributed by atoms with E-state index in [4.69, 9.17) is 9.72 Å². The summed E-state index contributed by atoms with van der Waals surface area (Å²) in [5, 5.41) is 16.6. The Kier molecular flexibility index (Phi) is 14.0. The van der Waals surface area contributed by atoms with E-state index in [1.165, 1.54) is 5.56 Å². The zero-order valence-corrected chi connectivity index (χ0v) is 40.0. The third kappa shape index (κ3) is 10.4. The Hall–Kier alpha value is -5.64. The molecule has 1 saturated carbocycles. The van der Waals surface area contributed by atoms with E-state index in [9.17, 15) is 18.9 Å². The van der Waals surface area contributed by atoms with Crippen LogP contribution >= 0.6 is 23.1 Å². The first-order chi connectivity index (χ1) is 31.3. The van der Waals surface area contributed by atoms with Crippen LogP contribution < -0.4 is 46.4 Å². The minimum Gasteiger partial charge on any atom is -0.494 e. The Morgan fingerprint density at radius 1 is 0.985 bits per heavy atom. The van der Waals surface area contributed by atoms with Crippen LogP contribution in [0.3, 0.4) is 0 Å². The van der Waals surface area contributed by atoms with Crippen molar-refractivity contribution in [2.24, 2.45) is 5.92 Å². The molecular weight excluding hydrogens is 909 g/mol. The quantitative estimate of drug-likeness (QED) is 0.0403. The second-order valence-corrected chi connectivity index (χ2v) is 21.5. The van der Waals surface area contributed by atoms with Crippen molar-refractivity contribution in [3.05, 3.63) is 82.7 Å². The van der Waals surface area contributed by atoms with Crippen molar-refractivity contribution in [3.63, 3.8) is 0 Å². The first-order valence-electron chi connectivity index (χ1n) is 22.3. The molecule has 5 N–H and O–H groups in total. The van der Waals surface area contributed by atoms with Crippen LogP contribution in [0.2, 0.25) is 0 Å². The highest BCUT2D eigenvalue weighted by Gasteiger charge is 2.37. The van der Waals surface area contributed by atoms with Crippen LogP contribution in [-0.4, -0.2) is 103 Å². The number of rotatable bonds is 16. The SMILES string of the molecule is CCc1cc(Nc2ncc(Br)c(Nc3ccc4nccnc4c3P(C)(C)=O)n2)c(OC)cc1N1CCC(NCCNC(=O)[C@H]2C[C@H](N(C)c3cccc(C4CCC(=O)NC4=O)c3)C2)CC1. The third-order valence-corrected chi connectivity index (χ3v) is 14.9. The largest absolute Gasteiger partial charge is 0.494 e. The molecule has 1 aliphatic carbocycles. The highest BCUT2D eigenvalue weighted by Crippen LogP contribution is 2.42. The molecule has 342 valence electrons. The number of methoxy groups -OCH3 is 1. The van der Waals surface area contributed by atoms with Gasteiger partial charge in [0.05, 0.1) is 39.7 Å². The van der Waals surface area contributed by atoms with Crippen molar-refractivity contribution in [1.82, 2.24) is 35.9 Å². The Balaban J connectivity index is 0.810. The second-order valence-electron chi connectivity index (χ2n) is 17.4. The van der Waals surface area contributed by atoms with Crippen molar-refractivity contribution in [3.8, 4) is 5.75 Å². The number of hydrogen-bond acceptors (Lipinski definition) is 14. The number of piperidine rings is 2. The molecule has 65 heavy (non-hydrogen) atoms. The summed E-state index contributed by atoms with van der Waals surface area (Å²) < 4.78 is 20.1. The Labute approximate surface area is 388 Å². The van der Waals surface area contributed by atoms with E-state index in [1.807, 2.05) is 43.4 Å². The van der Waals surface area contributed by atoms with Crippen molar-refractivity contribution in [2.75, 3.05) is 74.1 Å². The fraction of sp³-hybridized carbons (Fsp3) is 0.426. The maximum atomic E-state index is 13.5. The Morgan fingerprint density at radius 2 is 1.77 bits per heavy atom. The first-order valence-corrected chi connectivity index (χ1v) is 25.7. The summed E-state index contributed by atoms with van der Waals surface area (Å²) >= 11 is 3.59. The number of nitrogens with zero attached hydrogens (tertiary/aromatic N) is 6. The minimum atomic E-state index is -2.78. The number of ether oxygens (including phenoxy) is 1. The predicted molar refractivity (Wildman–Crippen MR) is 260 cm³/mol. The maximum Gasteiger partial charge on any atom is 0.234 e. The van der Waals surface area contributed by atoms with Gasteiger partial charge in [-0.25, -0.2) is 4.98 Å². The van der Waals surface area contributed by atoms with E-state index in [2.05, 4.69) is 86.3 Å². The number of aryl methyl sites for hydroxylation is 1. The van der Waals surface area contributed by atoms with Crippen molar-refractivity contribution in [2.45, 2.75) is 69.9 Å². The number of carbonyl (C=O) groups is 3. The second kappa shape index (κ2) is 19.8. The molecule has 1 atom stereocenters. The molecule has 3 aliphatic rings. The molecule has 1 unspecified atom stereocenters. The van der Waals surface area contributed by atoms with Gasteiger partial charge in [0.1, 0.15) is 24.2 Å². The summed E-state index contributed by atoms with van der Waals surface area (Å²) in [6, 6.07) is 16.5. The molecule has 3 aromatic carbocycles. The number of fused-ring (bicyclic) bond motifs is 1. The van der Waals surface area contributed by atoms with Gasteiger partial charge in [0.25, 0.3) is 0 Å². The molecule has 0 radical (unpaired) electrons. The molecule has 8 rings (SSSR count). The van der Waals surface area contributed by atoms with Crippen molar-refractivity contribution < 1.29 is 23.7 Å². The topological polar surface area (TPSA) is 196 Å². The highest BCUT2D eigenvalue weighted by molar-refractivity contribution is 9.10. The molecular formula is C47H57BrN11O5P. The normalized spacial score (nSPS) is 19.0. The van der Waals surface area contributed by atoms with Crippen LogP contribution in [0.15, 0.2) is 71.6 Å². The maximum absolute atomic E-state index is 13.5. The molecule has 2 saturated heterocycles.